The fourth-order valence-electron chi connectivity index (χ4n) is 2.04. The molecule has 21 heavy (non-hydrogen) atoms. The summed E-state index contributed by atoms with van der Waals surface area (Å²) in [5.41, 5.74) is -1.03. The van der Waals surface area contributed by atoms with Crippen molar-refractivity contribution in [1.82, 2.24) is 5.32 Å². The molecule has 0 aliphatic heterocycles. The summed E-state index contributed by atoms with van der Waals surface area (Å²) in [5.74, 6) is -2.68. The number of hydrogen-bond acceptors (Lipinski definition) is 3. The zero-order valence-electron chi connectivity index (χ0n) is 12.5. The maximum atomic E-state index is 13.2. The van der Waals surface area contributed by atoms with E-state index in [9.17, 15) is 18.7 Å². The molecule has 0 spiro atoms. The first-order chi connectivity index (χ1) is 9.78. The van der Waals surface area contributed by atoms with Gasteiger partial charge in [0.25, 0.3) is 0 Å². The van der Waals surface area contributed by atoms with Gasteiger partial charge in [-0.15, -0.1) is 11.8 Å². The number of halogens is 2. The number of carboxylic acids is 1. The number of carboxylic acid groups (broad SMARTS) is 1. The van der Waals surface area contributed by atoms with Gasteiger partial charge >= 0.3 is 5.97 Å². The van der Waals surface area contributed by atoms with Gasteiger partial charge in [0.2, 0.25) is 0 Å². The van der Waals surface area contributed by atoms with E-state index in [0.29, 0.717) is 17.9 Å². The molecule has 0 saturated carbocycles. The minimum absolute atomic E-state index is 0.0553. The lowest BCUT2D eigenvalue weighted by molar-refractivity contribution is -0.144. The maximum absolute atomic E-state index is 13.2. The van der Waals surface area contributed by atoms with Gasteiger partial charge in [0.05, 0.1) is 0 Å². The number of nitrogens with one attached hydrogen (secondary N) is 1. The molecule has 1 aromatic carbocycles. The minimum atomic E-state index is -1.03. The average molecular weight is 317 g/mol. The molecule has 6 heteroatoms. The SMILES string of the molecule is CCCNC(C)(CC(C)Sc1ccc(F)c(F)c1)C(=O)O. The van der Waals surface area contributed by atoms with E-state index in [1.165, 1.54) is 17.8 Å². The Labute approximate surface area is 128 Å². The van der Waals surface area contributed by atoms with Crippen molar-refractivity contribution >= 4 is 17.7 Å². The molecule has 0 aliphatic carbocycles. The molecule has 0 bridgehead atoms. The quantitative estimate of drug-likeness (QED) is 0.718. The van der Waals surface area contributed by atoms with E-state index in [4.69, 9.17) is 0 Å². The lowest BCUT2D eigenvalue weighted by Crippen LogP contribution is -2.51. The van der Waals surface area contributed by atoms with Gasteiger partial charge in [0.1, 0.15) is 5.54 Å². The Morgan fingerprint density at radius 3 is 2.62 bits per heavy atom. The van der Waals surface area contributed by atoms with Crippen molar-refractivity contribution in [3.63, 3.8) is 0 Å². The Morgan fingerprint density at radius 1 is 1.43 bits per heavy atom. The van der Waals surface area contributed by atoms with E-state index >= 15 is 0 Å². The molecule has 0 saturated heterocycles. The number of carbonyl (C=O) groups is 1. The third kappa shape index (κ3) is 5.28. The Balaban J connectivity index is 2.71. The second-order valence-electron chi connectivity index (χ2n) is 5.27. The van der Waals surface area contributed by atoms with E-state index in [1.54, 1.807) is 6.92 Å². The molecule has 1 aromatic rings. The van der Waals surface area contributed by atoms with Gasteiger partial charge in [0.15, 0.2) is 11.6 Å². The Kier molecular flexibility index (Phi) is 6.61. The third-order valence-electron chi connectivity index (χ3n) is 3.16. The van der Waals surface area contributed by atoms with Crippen molar-refractivity contribution in [3.8, 4) is 0 Å². The van der Waals surface area contributed by atoms with Crippen LogP contribution in [-0.4, -0.2) is 28.4 Å². The Hall–Kier alpha value is -1.14. The monoisotopic (exact) mass is 317 g/mol. The van der Waals surface area contributed by atoms with E-state index in [2.05, 4.69) is 5.32 Å². The predicted molar refractivity (Wildman–Crippen MR) is 80.6 cm³/mol. The highest BCUT2D eigenvalue weighted by Crippen LogP contribution is 2.29. The van der Waals surface area contributed by atoms with Crippen LogP contribution in [0.25, 0.3) is 0 Å². The summed E-state index contributed by atoms with van der Waals surface area (Å²) in [6.07, 6.45) is 1.22. The fraction of sp³-hybridized carbons (Fsp3) is 0.533. The molecule has 118 valence electrons. The average Bonchev–Trinajstić information content (AvgIpc) is 2.40. The number of rotatable bonds is 8. The molecule has 1 rings (SSSR count). The van der Waals surface area contributed by atoms with Gasteiger partial charge in [0, 0.05) is 10.1 Å². The zero-order chi connectivity index (χ0) is 16.0. The van der Waals surface area contributed by atoms with Gasteiger partial charge in [-0.2, -0.15) is 0 Å². The molecule has 3 nitrogen and oxygen atoms in total. The van der Waals surface area contributed by atoms with Crippen LogP contribution in [0, 0.1) is 11.6 Å². The molecule has 2 unspecified atom stereocenters. The molecule has 0 aliphatic rings. The molecule has 0 fully saturated rings. The van der Waals surface area contributed by atoms with Crippen LogP contribution in [0.1, 0.15) is 33.6 Å². The van der Waals surface area contributed by atoms with Crippen molar-refractivity contribution in [1.29, 1.82) is 0 Å². The van der Waals surface area contributed by atoms with E-state index in [0.717, 1.165) is 18.6 Å². The molecule has 2 N–H and O–H groups in total. The molecular formula is C15H21F2NO2S. The summed E-state index contributed by atoms with van der Waals surface area (Å²) in [7, 11) is 0. The van der Waals surface area contributed by atoms with Gasteiger partial charge in [-0.3, -0.25) is 4.79 Å². The van der Waals surface area contributed by atoms with Crippen molar-refractivity contribution in [3.05, 3.63) is 29.8 Å². The molecule has 2 atom stereocenters. The number of benzene rings is 1. The molecule has 0 aromatic heterocycles. The summed E-state index contributed by atoms with van der Waals surface area (Å²) in [5, 5.41) is 12.4. The number of thioether (sulfide) groups is 1. The van der Waals surface area contributed by atoms with E-state index in [-0.39, 0.29) is 5.25 Å². The Morgan fingerprint density at radius 2 is 2.10 bits per heavy atom. The van der Waals surface area contributed by atoms with Crippen LogP contribution in [0.3, 0.4) is 0 Å². The first-order valence-electron chi connectivity index (χ1n) is 6.88. The standard InChI is InChI=1S/C15H21F2NO2S/c1-4-7-18-15(3,14(19)20)9-10(2)21-11-5-6-12(16)13(17)8-11/h5-6,8,10,18H,4,7,9H2,1-3H3,(H,19,20). The molecular weight excluding hydrogens is 296 g/mol. The van der Waals surface area contributed by atoms with Crippen LogP contribution in [0.4, 0.5) is 8.78 Å². The lowest BCUT2D eigenvalue weighted by atomic mass is 9.96. The number of aliphatic carboxylic acids is 1. The van der Waals surface area contributed by atoms with Crippen LogP contribution in [-0.2, 0) is 4.79 Å². The first-order valence-corrected chi connectivity index (χ1v) is 7.76. The second-order valence-corrected chi connectivity index (χ2v) is 6.78. The molecule has 0 heterocycles. The summed E-state index contributed by atoms with van der Waals surface area (Å²) in [6, 6.07) is 3.71. The maximum Gasteiger partial charge on any atom is 0.323 e. The number of hydrogen-bond donors (Lipinski definition) is 2. The van der Waals surface area contributed by atoms with E-state index < -0.39 is 23.1 Å². The Bertz CT molecular complexity index is 499. The van der Waals surface area contributed by atoms with Gasteiger partial charge < -0.3 is 10.4 Å². The normalized spacial score (nSPS) is 15.5. The predicted octanol–water partition coefficient (Wildman–Crippen LogP) is 3.68. The lowest BCUT2D eigenvalue weighted by Gasteiger charge is -2.29. The van der Waals surface area contributed by atoms with Crippen LogP contribution < -0.4 is 5.32 Å². The highest BCUT2D eigenvalue weighted by atomic mass is 32.2. The van der Waals surface area contributed by atoms with Gasteiger partial charge in [-0.25, -0.2) is 8.78 Å². The largest absolute Gasteiger partial charge is 0.480 e. The highest BCUT2D eigenvalue weighted by molar-refractivity contribution is 7.99. The van der Waals surface area contributed by atoms with Crippen LogP contribution in [0.2, 0.25) is 0 Å². The minimum Gasteiger partial charge on any atom is -0.480 e. The fourth-order valence-corrected chi connectivity index (χ4v) is 3.23. The summed E-state index contributed by atoms with van der Waals surface area (Å²) in [6.45, 7) is 6.11. The van der Waals surface area contributed by atoms with Crippen molar-refractivity contribution < 1.29 is 18.7 Å². The van der Waals surface area contributed by atoms with Gasteiger partial charge in [-0.05, 0) is 44.5 Å². The van der Waals surface area contributed by atoms with Gasteiger partial charge in [-0.1, -0.05) is 13.8 Å². The summed E-state index contributed by atoms with van der Waals surface area (Å²) >= 11 is 1.33. The van der Waals surface area contributed by atoms with Crippen molar-refractivity contribution in [2.75, 3.05) is 6.54 Å². The summed E-state index contributed by atoms with van der Waals surface area (Å²) < 4.78 is 26.0. The van der Waals surface area contributed by atoms with E-state index in [1.807, 2.05) is 13.8 Å². The van der Waals surface area contributed by atoms with Crippen molar-refractivity contribution in [2.45, 2.75) is 49.3 Å². The second kappa shape index (κ2) is 7.75. The first kappa shape index (κ1) is 17.9. The van der Waals surface area contributed by atoms with Crippen molar-refractivity contribution in [2.24, 2.45) is 0 Å². The zero-order valence-corrected chi connectivity index (χ0v) is 13.3. The third-order valence-corrected chi connectivity index (χ3v) is 4.26. The highest BCUT2D eigenvalue weighted by Gasteiger charge is 2.34. The molecule has 0 radical (unpaired) electrons. The topological polar surface area (TPSA) is 49.3 Å². The summed E-state index contributed by atoms with van der Waals surface area (Å²) in [4.78, 5) is 12.0. The van der Waals surface area contributed by atoms with Crippen LogP contribution >= 0.6 is 11.8 Å². The molecule has 0 amide bonds. The smallest absolute Gasteiger partial charge is 0.323 e. The van der Waals surface area contributed by atoms with Crippen LogP contribution in [0.5, 0.6) is 0 Å². The van der Waals surface area contributed by atoms with Crippen LogP contribution in [0.15, 0.2) is 23.1 Å².